The van der Waals surface area contributed by atoms with Gasteiger partial charge in [0.25, 0.3) is 0 Å². The quantitative estimate of drug-likeness (QED) is 0.479. The molecule has 4 rings (SSSR count). The van der Waals surface area contributed by atoms with Gasteiger partial charge in [-0.05, 0) is 38.7 Å². The van der Waals surface area contributed by atoms with Gasteiger partial charge in [-0.1, -0.05) is 108 Å². The van der Waals surface area contributed by atoms with Crippen molar-refractivity contribution in [1.82, 2.24) is 0 Å². The number of hydrogen-bond acceptors (Lipinski definition) is 2. The van der Waals surface area contributed by atoms with E-state index in [2.05, 4.69) is 132 Å². The Morgan fingerprint density at radius 2 is 1.09 bits per heavy atom. The molecule has 1 heterocycles. The highest BCUT2D eigenvalue weighted by Gasteiger charge is 2.55. The molecule has 1 atom stereocenters. The monoisotopic (exact) mass is 440 g/mol. The van der Waals surface area contributed by atoms with Gasteiger partial charge in [0.05, 0.1) is 11.2 Å². The lowest BCUT2D eigenvalue weighted by Gasteiger charge is -2.39. The molecule has 0 N–H and O–H groups in total. The Morgan fingerprint density at radius 3 is 1.50 bits per heavy atom. The second-order valence-corrected chi connectivity index (χ2v) is 14.1. The molecular weight excluding hydrogens is 407 g/mol. The average molecular weight is 440 g/mol. The summed E-state index contributed by atoms with van der Waals surface area (Å²) in [5.41, 5.74) is 1.53. The van der Waals surface area contributed by atoms with Gasteiger partial charge >= 0.3 is 7.12 Å². The highest BCUT2D eigenvalue weighted by atomic mass is 28.3. The SMILES string of the molecule is C=C(B1OC(C)(C)C(C)(C)O1)[C@@H](c1ccccc1)[Si](C)(c1ccccc1)c1ccccc1. The zero-order valence-corrected chi connectivity index (χ0v) is 20.8. The van der Waals surface area contributed by atoms with Crippen molar-refractivity contribution in [2.45, 2.75) is 51.0 Å². The van der Waals surface area contributed by atoms with Crippen LogP contribution in [-0.2, 0) is 9.31 Å². The largest absolute Gasteiger partial charge is 0.490 e. The van der Waals surface area contributed by atoms with Crippen LogP contribution >= 0.6 is 0 Å². The van der Waals surface area contributed by atoms with Crippen molar-refractivity contribution in [2.24, 2.45) is 0 Å². The van der Waals surface area contributed by atoms with Crippen LogP contribution in [0, 0.1) is 0 Å². The third-order valence-electron chi connectivity index (χ3n) is 7.38. The van der Waals surface area contributed by atoms with Crippen molar-refractivity contribution in [3.05, 3.63) is 109 Å². The molecule has 0 saturated carbocycles. The van der Waals surface area contributed by atoms with E-state index in [1.54, 1.807) is 0 Å². The fraction of sp³-hybridized carbons (Fsp3) is 0.286. The van der Waals surface area contributed by atoms with Gasteiger partial charge in [0.2, 0.25) is 0 Å². The Bertz CT molecular complexity index is 1010. The first-order valence-corrected chi connectivity index (χ1v) is 13.9. The first kappa shape index (κ1) is 22.8. The first-order chi connectivity index (χ1) is 15.2. The first-order valence-electron chi connectivity index (χ1n) is 11.4. The molecule has 0 radical (unpaired) electrons. The molecule has 0 aromatic heterocycles. The lowest BCUT2D eigenvalue weighted by Crippen LogP contribution is -2.61. The molecule has 2 nitrogen and oxygen atoms in total. The van der Waals surface area contributed by atoms with Crippen molar-refractivity contribution in [3.63, 3.8) is 0 Å². The molecule has 1 fully saturated rings. The van der Waals surface area contributed by atoms with Crippen LogP contribution in [0.25, 0.3) is 0 Å². The zero-order chi connectivity index (χ0) is 23.0. The molecule has 32 heavy (non-hydrogen) atoms. The van der Waals surface area contributed by atoms with E-state index in [0.717, 1.165) is 5.47 Å². The Balaban J connectivity index is 1.90. The molecule has 1 aliphatic heterocycles. The predicted molar refractivity (Wildman–Crippen MR) is 138 cm³/mol. The summed E-state index contributed by atoms with van der Waals surface area (Å²) in [7, 11) is -2.81. The maximum Gasteiger partial charge on any atom is 0.490 e. The van der Waals surface area contributed by atoms with Crippen molar-refractivity contribution in [3.8, 4) is 0 Å². The van der Waals surface area contributed by atoms with E-state index >= 15 is 0 Å². The normalized spacial score (nSPS) is 18.3. The summed E-state index contributed by atoms with van der Waals surface area (Å²) in [4.78, 5) is 0. The summed E-state index contributed by atoms with van der Waals surface area (Å²) in [6.45, 7) is 15.5. The maximum atomic E-state index is 6.50. The molecule has 0 spiro atoms. The van der Waals surface area contributed by atoms with E-state index in [-0.39, 0.29) is 5.54 Å². The summed E-state index contributed by atoms with van der Waals surface area (Å²) >= 11 is 0. The van der Waals surface area contributed by atoms with Gasteiger partial charge in [0, 0.05) is 5.54 Å². The Hall–Kier alpha value is -2.40. The molecule has 4 heteroatoms. The Kier molecular flexibility index (Phi) is 6.06. The summed E-state index contributed by atoms with van der Waals surface area (Å²) in [6, 6.07) is 32.6. The topological polar surface area (TPSA) is 18.5 Å². The van der Waals surface area contributed by atoms with Crippen LogP contribution in [0.2, 0.25) is 6.55 Å². The van der Waals surface area contributed by atoms with E-state index < -0.39 is 26.4 Å². The van der Waals surface area contributed by atoms with Crippen LogP contribution in [0.15, 0.2) is 103 Å². The van der Waals surface area contributed by atoms with Gasteiger partial charge in [-0.2, -0.15) is 0 Å². The molecule has 3 aromatic carbocycles. The number of rotatable bonds is 6. The molecular formula is C28H33BO2Si. The molecule has 0 aliphatic carbocycles. The van der Waals surface area contributed by atoms with Gasteiger partial charge in [-0.3, -0.25) is 0 Å². The fourth-order valence-corrected chi connectivity index (χ4v) is 9.27. The third kappa shape index (κ3) is 3.92. The van der Waals surface area contributed by atoms with Crippen LogP contribution in [-0.4, -0.2) is 26.4 Å². The lowest BCUT2D eigenvalue weighted by atomic mass is 9.75. The second-order valence-electron chi connectivity index (χ2n) is 9.94. The van der Waals surface area contributed by atoms with E-state index in [1.165, 1.54) is 15.9 Å². The minimum atomic E-state index is -2.35. The molecule has 1 aliphatic rings. The minimum Gasteiger partial charge on any atom is -0.400 e. The highest BCUT2D eigenvalue weighted by molar-refractivity contribution is 7.03. The maximum absolute atomic E-state index is 6.50. The van der Waals surface area contributed by atoms with Crippen LogP contribution < -0.4 is 10.4 Å². The van der Waals surface area contributed by atoms with Crippen LogP contribution in [0.1, 0.15) is 38.8 Å². The van der Waals surface area contributed by atoms with E-state index in [4.69, 9.17) is 9.31 Å². The van der Waals surface area contributed by atoms with Crippen LogP contribution in [0.4, 0.5) is 0 Å². The van der Waals surface area contributed by atoms with E-state index in [1.807, 2.05) is 0 Å². The lowest BCUT2D eigenvalue weighted by molar-refractivity contribution is 0.00578. The molecule has 0 unspecified atom stereocenters. The van der Waals surface area contributed by atoms with Gasteiger partial charge in [0.15, 0.2) is 0 Å². The van der Waals surface area contributed by atoms with Gasteiger partial charge in [-0.25, -0.2) is 0 Å². The van der Waals surface area contributed by atoms with Gasteiger partial charge in [0.1, 0.15) is 8.07 Å². The second kappa shape index (κ2) is 8.51. The summed E-state index contributed by atoms with van der Waals surface area (Å²) in [5, 5.41) is 2.75. The van der Waals surface area contributed by atoms with Gasteiger partial charge < -0.3 is 9.31 Å². The smallest absolute Gasteiger partial charge is 0.400 e. The average Bonchev–Trinajstić information content (AvgIpc) is 3.02. The Morgan fingerprint density at radius 1 is 0.719 bits per heavy atom. The van der Waals surface area contributed by atoms with E-state index in [9.17, 15) is 0 Å². The summed E-state index contributed by atoms with van der Waals surface area (Å²) < 4.78 is 13.0. The molecule has 164 valence electrons. The molecule has 1 saturated heterocycles. The van der Waals surface area contributed by atoms with Crippen LogP contribution in [0.5, 0.6) is 0 Å². The zero-order valence-electron chi connectivity index (χ0n) is 19.8. The number of benzene rings is 3. The van der Waals surface area contributed by atoms with Crippen molar-refractivity contribution in [2.75, 3.05) is 0 Å². The molecule has 0 amide bonds. The summed E-state index contributed by atoms with van der Waals surface area (Å²) in [5.74, 6) is 0. The van der Waals surface area contributed by atoms with Crippen molar-refractivity contribution in [1.29, 1.82) is 0 Å². The molecule has 3 aromatic rings. The summed E-state index contributed by atoms with van der Waals surface area (Å²) in [6.07, 6.45) is 0. The van der Waals surface area contributed by atoms with E-state index in [0.29, 0.717) is 0 Å². The molecule has 0 bridgehead atoms. The number of allylic oxidation sites excluding steroid dienone is 1. The van der Waals surface area contributed by atoms with Crippen molar-refractivity contribution >= 4 is 25.6 Å². The predicted octanol–water partition coefficient (Wildman–Crippen LogP) is 5.39. The van der Waals surface area contributed by atoms with Gasteiger partial charge in [-0.15, -0.1) is 6.58 Å². The third-order valence-corrected chi connectivity index (χ3v) is 12.3. The number of hydrogen-bond donors (Lipinski definition) is 0. The minimum absolute atomic E-state index is 0.0863. The fourth-order valence-electron chi connectivity index (χ4n) is 4.76. The standard InChI is InChI=1S/C28H33BO2Si/c1-22(29-30-27(2,3)28(4,5)31-29)26(23-16-10-7-11-17-23)32(6,24-18-12-8-13-19-24)25-20-14-9-15-21-25/h7-21,26H,1H2,2-6H3/t26-/m0/s1. The van der Waals surface area contributed by atoms with Crippen molar-refractivity contribution < 1.29 is 9.31 Å². The Labute approximate surface area is 194 Å². The highest BCUT2D eigenvalue weighted by Crippen LogP contribution is 2.43. The van der Waals surface area contributed by atoms with Crippen LogP contribution in [0.3, 0.4) is 0 Å².